The number of rotatable bonds is 3. The predicted octanol–water partition coefficient (Wildman–Crippen LogP) is -1.30. The number of carbonyl (C=O) groups excluding carboxylic acids is 2. The Morgan fingerprint density at radius 2 is 2.06 bits per heavy atom. The molecule has 96 valence electrons. The number of nitrogens with two attached hydrogens (primary N) is 1. The van der Waals surface area contributed by atoms with E-state index in [1.807, 2.05) is 0 Å². The number of carboxylic acids is 1. The summed E-state index contributed by atoms with van der Waals surface area (Å²) in [6, 6.07) is -0.261. The highest BCUT2D eigenvalue weighted by atomic mass is 16.4. The Hall–Kier alpha value is -2.71. The molecule has 0 aliphatic rings. The summed E-state index contributed by atoms with van der Waals surface area (Å²) in [4.78, 5) is 44.0. The molecular formula is C9H10N4O5. The summed E-state index contributed by atoms with van der Waals surface area (Å²) in [5.74, 6) is -2.20. The number of carboxylic acid groups (broad SMARTS) is 1. The van der Waals surface area contributed by atoms with Gasteiger partial charge >= 0.3 is 12.0 Å². The Morgan fingerprint density at radius 3 is 2.56 bits per heavy atom. The van der Waals surface area contributed by atoms with Gasteiger partial charge in [0.05, 0.1) is 0 Å². The summed E-state index contributed by atoms with van der Waals surface area (Å²) in [5, 5.41) is 14.0. The van der Waals surface area contributed by atoms with Crippen molar-refractivity contribution in [3.05, 3.63) is 28.2 Å². The average molecular weight is 254 g/mol. The van der Waals surface area contributed by atoms with Crippen LogP contribution in [0.5, 0.6) is 0 Å². The minimum atomic E-state index is -1.34. The molecule has 0 aromatic carbocycles. The summed E-state index contributed by atoms with van der Waals surface area (Å²) >= 11 is 0. The smallest absolute Gasteiger partial charge is 0.356 e. The quantitative estimate of drug-likeness (QED) is 0.611. The van der Waals surface area contributed by atoms with Crippen LogP contribution in [0.1, 0.15) is 23.5 Å². The molecule has 0 bridgehead atoms. The maximum Gasteiger partial charge on any atom is 0.356 e. The summed E-state index contributed by atoms with van der Waals surface area (Å²) in [6.07, 6.45) is 0. The molecule has 0 fully saturated rings. The Bertz CT molecular complexity index is 564. The molecule has 1 heterocycles. The van der Waals surface area contributed by atoms with Crippen LogP contribution >= 0.6 is 0 Å². The molecule has 18 heavy (non-hydrogen) atoms. The number of hydrogen-bond acceptors (Lipinski definition) is 5. The van der Waals surface area contributed by atoms with E-state index in [1.165, 1.54) is 6.92 Å². The lowest BCUT2D eigenvalue weighted by Crippen LogP contribution is -2.42. The minimum Gasteiger partial charge on any atom is -0.476 e. The zero-order chi connectivity index (χ0) is 13.9. The average Bonchev–Trinajstić information content (AvgIpc) is 2.27. The van der Waals surface area contributed by atoms with Crippen LogP contribution < -0.4 is 16.6 Å². The van der Waals surface area contributed by atoms with Crippen molar-refractivity contribution in [3.8, 4) is 0 Å². The Labute approximate surface area is 100 Å². The van der Waals surface area contributed by atoms with Gasteiger partial charge in [-0.2, -0.15) is 5.10 Å². The summed E-state index contributed by atoms with van der Waals surface area (Å²) < 4.78 is 0.654. The van der Waals surface area contributed by atoms with Crippen molar-refractivity contribution in [1.29, 1.82) is 0 Å². The maximum atomic E-state index is 11.4. The Kier molecular flexibility index (Phi) is 3.77. The topological polar surface area (TPSA) is 144 Å². The van der Waals surface area contributed by atoms with E-state index in [2.05, 4.69) is 5.10 Å². The number of imide groups is 1. The molecule has 1 atom stereocenters. The monoisotopic (exact) mass is 254 g/mol. The van der Waals surface area contributed by atoms with Gasteiger partial charge in [0.25, 0.3) is 11.5 Å². The largest absolute Gasteiger partial charge is 0.476 e. The van der Waals surface area contributed by atoms with E-state index < -0.39 is 35.2 Å². The first-order valence-corrected chi connectivity index (χ1v) is 4.76. The van der Waals surface area contributed by atoms with Gasteiger partial charge in [-0.1, -0.05) is 0 Å². The molecule has 9 nitrogen and oxygen atoms in total. The Morgan fingerprint density at radius 1 is 1.44 bits per heavy atom. The fourth-order valence-corrected chi connectivity index (χ4v) is 1.15. The molecule has 0 aliphatic carbocycles. The van der Waals surface area contributed by atoms with Gasteiger partial charge in [-0.25, -0.2) is 14.3 Å². The van der Waals surface area contributed by atoms with Crippen molar-refractivity contribution in [2.45, 2.75) is 13.0 Å². The molecule has 1 aromatic heterocycles. The Balaban J connectivity index is 3.12. The van der Waals surface area contributed by atoms with Crippen molar-refractivity contribution in [1.82, 2.24) is 15.1 Å². The number of amides is 3. The molecule has 1 unspecified atom stereocenters. The maximum absolute atomic E-state index is 11.4. The number of primary amides is 1. The number of aromatic nitrogens is 2. The third-order valence-corrected chi connectivity index (χ3v) is 2.04. The molecule has 9 heteroatoms. The summed E-state index contributed by atoms with van der Waals surface area (Å²) in [6.45, 7) is 1.28. The fourth-order valence-electron chi connectivity index (χ4n) is 1.15. The van der Waals surface area contributed by atoms with Crippen LogP contribution in [0, 0.1) is 0 Å². The second-order valence-electron chi connectivity index (χ2n) is 3.34. The van der Waals surface area contributed by atoms with Crippen LogP contribution in [0.2, 0.25) is 0 Å². The highest BCUT2D eigenvalue weighted by Crippen LogP contribution is 2.01. The lowest BCUT2D eigenvalue weighted by Gasteiger charge is -2.12. The standard InChI is InChI=1S/C9H10N4O5/c1-4(7(15)11-9(10)18)13-6(14)3-2-5(12-13)8(16)17/h2-4H,1H3,(H,16,17)(H3,10,11,15,18). The first kappa shape index (κ1) is 13.4. The normalized spacial score (nSPS) is 11.6. The predicted molar refractivity (Wildman–Crippen MR) is 57.9 cm³/mol. The van der Waals surface area contributed by atoms with Gasteiger partial charge in [0.15, 0.2) is 5.69 Å². The van der Waals surface area contributed by atoms with Crippen LogP contribution in [0.3, 0.4) is 0 Å². The van der Waals surface area contributed by atoms with Crippen LogP contribution in [0.25, 0.3) is 0 Å². The van der Waals surface area contributed by atoms with Crippen LogP contribution in [-0.2, 0) is 4.79 Å². The number of aromatic carboxylic acids is 1. The second kappa shape index (κ2) is 5.08. The fraction of sp³-hybridized carbons (Fsp3) is 0.222. The molecular weight excluding hydrogens is 244 g/mol. The van der Waals surface area contributed by atoms with Crippen molar-refractivity contribution >= 4 is 17.9 Å². The van der Waals surface area contributed by atoms with Crippen molar-refractivity contribution in [2.75, 3.05) is 0 Å². The van der Waals surface area contributed by atoms with Gasteiger partial charge in [-0.05, 0) is 13.0 Å². The SMILES string of the molecule is CC(C(=O)NC(N)=O)n1nc(C(=O)O)ccc1=O. The summed E-state index contributed by atoms with van der Waals surface area (Å²) in [5.41, 5.74) is 3.68. The van der Waals surface area contributed by atoms with E-state index in [9.17, 15) is 19.2 Å². The van der Waals surface area contributed by atoms with Gasteiger partial charge in [0, 0.05) is 6.07 Å². The van der Waals surface area contributed by atoms with Gasteiger partial charge in [-0.3, -0.25) is 14.9 Å². The molecule has 1 rings (SSSR count). The van der Waals surface area contributed by atoms with Crippen molar-refractivity contribution in [3.63, 3.8) is 0 Å². The molecule has 0 spiro atoms. The molecule has 0 saturated carbocycles. The van der Waals surface area contributed by atoms with Crippen LogP contribution in [0.4, 0.5) is 4.79 Å². The molecule has 0 radical (unpaired) electrons. The molecule has 0 saturated heterocycles. The zero-order valence-corrected chi connectivity index (χ0v) is 9.28. The number of carbonyl (C=O) groups is 3. The third-order valence-electron chi connectivity index (χ3n) is 2.04. The lowest BCUT2D eigenvalue weighted by molar-refractivity contribution is -0.123. The summed E-state index contributed by atoms with van der Waals surface area (Å²) in [7, 11) is 0. The lowest BCUT2D eigenvalue weighted by atomic mass is 10.3. The number of urea groups is 1. The first-order chi connectivity index (χ1) is 8.32. The van der Waals surface area contributed by atoms with E-state index in [4.69, 9.17) is 10.8 Å². The van der Waals surface area contributed by atoms with E-state index in [0.29, 0.717) is 4.68 Å². The van der Waals surface area contributed by atoms with Crippen molar-refractivity contribution in [2.24, 2.45) is 5.73 Å². The van der Waals surface area contributed by atoms with E-state index in [1.54, 1.807) is 5.32 Å². The molecule has 1 aromatic rings. The zero-order valence-electron chi connectivity index (χ0n) is 9.28. The minimum absolute atomic E-state index is 0.395. The van der Waals surface area contributed by atoms with E-state index >= 15 is 0 Å². The van der Waals surface area contributed by atoms with Gasteiger partial charge in [0.1, 0.15) is 6.04 Å². The number of nitrogens with one attached hydrogen (secondary N) is 1. The third kappa shape index (κ3) is 2.90. The molecule has 0 aliphatic heterocycles. The highest BCUT2D eigenvalue weighted by molar-refractivity contribution is 5.95. The second-order valence-corrected chi connectivity index (χ2v) is 3.34. The highest BCUT2D eigenvalue weighted by Gasteiger charge is 2.19. The number of hydrogen-bond donors (Lipinski definition) is 3. The molecule has 4 N–H and O–H groups in total. The van der Waals surface area contributed by atoms with Gasteiger partial charge < -0.3 is 10.8 Å². The van der Waals surface area contributed by atoms with Gasteiger partial charge in [0.2, 0.25) is 0 Å². The van der Waals surface area contributed by atoms with Crippen LogP contribution in [0.15, 0.2) is 16.9 Å². The molecule has 3 amide bonds. The van der Waals surface area contributed by atoms with Crippen molar-refractivity contribution < 1.29 is 19.5 Å². The van der Waals surface area contributed by atoms with E-state index in [0.717, 1.165) is 12.1 Å². The first-order valence-electron chi connectivity index (χ1n) is 4.76. The van der Waals surface area contributed by atoms with Gasteiger partial charge in [-0.15, -0.1) is 0 Å². The van der Waals surface area contributed by atoms with Crippen LogP contribution in [-0.4, -0.2) is 32.8 Å². The van der Waals surface area contributed by atoms with E-state index in [-0.39, 0.29) is 0 Å². The number of nitrogens with zero attached hydrogens (tertiary/aromatic N) is 2.